The van der Waals surface area contributed by atoms with Crippen molar-refractivity contribution in [3.8, 4) is 5.75 Å². The van der Waals surface area contributed by atoms with Crippen LogP contribution in [0.15, 0.2) is 23.2 Å². The number of methoxy groups -OCH3 is 1. The van der Waals surface area contributed by atoms with E-state index in [0.717, 1.165) is 36.7 Å². The summed E-state index contributed by atoms with van der Waals surface area (Å²) in [5.74, 6) is 2.18. The van der Waals surface area contributed by atoms with Gasteiger partial charge < -0.3 is 24.3 Å². The summed E-state index contributed by atoms with van der Waals surface area (Å²) in [5.41, 5.74) is 0.826. The second-order valence-corrected chi connectivity index (χ2v) is 7.20. The molecule has 1 fully saturated rings. The third kappa shape index (κ3) is 6.27. The maximum absolute atomic E-state index is 14.0. The fraction of sp³-hybridized carbons (Fsp3) is 0.550. The highest BCUT2D eigenvalue weighted by molar-refractivity contribution is 14.0. The molecule has 0 aliphatic carbocycles. The topological polar surface area (TPSA) is 76.8 Å². The fourth-order valence-electron chi connectivity index (χ4n) is 3.21. The molecule has 0 amide bonds. The van der Waals surface area contributed by atoms with Gasteiger partial charge >= 0.3 is 0 Å². The highest BCUT2D eigenvalue weighted by Crippen LogP contribution is 2.18. The van der Waals surface area contributed by atoms with Crippen LogP contribution in [0.1, 0.15) is 30.1 Å². The highest BCUT2D eigenvalue weighted by atomic mass is 127. The molecule has 2 aromatic rings. The van der Waals surface area contributed by atoms with Gasteiger partial charge in [0.2, 0.25) is 0 Å². The van der Waals surface area contributed by atoms with E-state index in [-0.39, 0.29) is 41.6 Å². The molecule has 30 heavy (non-hydrogen) atoms. The Morgan fingerprint density at radius 3 is 2.83 bits per heavy atom. The smallest absolute Gasteiger partial charge is 0.194 e. The first-order valence-corrected chi connectivity index (χ1v) is 9.76. The van der Waals surface area contributed by atoms with Crippen LogP contribution in [0, 0.1) is 12.7 Å². The van der Waals surface area contributed by atoms with E-state index >= 15 is 0 Å². The van der Waals surface area contributed by atoms with Crippen molar-refractivity contribution < 1.29 is 13.9 Å². The van der Waals surface area contributed by atoms with Gasteiger partial charge in [0.25, 0.3) is 0 Å². The Hall–Kier alpha value is -1.95. The fourth-order valence-corrected chi connectivity index (χ4v) is 3.21. The third-order valence-electron chi connectivity index (χ3n) is 5.06. The minimum atomic E-state index is -0.376. The number of hydrogen-bond acceptors (Lipinski definition) is 5. The molecule has 0 spiro atoms. The molecule has 1 atom stereocenters. The first kappa shape index (κ1) is 24.3. The van der Waals surface area contributed by atoms with Crippen LogP contribution in [-0.2, 0) is 24.9 Å². The lowest BCUT2D eigenvalue weighted by Gasteiger charge is -2.24. The van der Waals surface area contributed by atoms with Gasteiger partial charge in [-0.1, -0.05) is 6.07 Å². The Bertz CT molecular complexity index is 854. The van der Waals surface area contributed by atoms with Gasteiger partial charge in [0.1, 0.15) is 12.4 Å². The lowest BCUT2D eigenvalue weighted by molar-refractivity contribution is 0.113. The highest BCUT2D eigenvalue weighted by Gasteiger charge is 2.17. The second kappa shape index (κ2) is 11.4. The predicted molar refractivity (Wildman–Crippen MR) is 124 cm³/mol. The lowest BCUT2D eigenvalue weighted by atomic mass is 10.2. The molecule has 8 nitrogen and oxygen atoms in total. The molecule has 0 bridgehead atoms. The molecule has 0 saturated carbocycles. The van der Waals surface area contributed by atoms with E-state index in [1.807, 2.05) is 36.6 Å². The van der Waals surface area contributed by atoms with Crippen LogP contribution < -0.4 is 10.1 Å². The van der Waals surface area contributed by atoms with E-state index in [9.17, 15) is 4.39 Å². The van der Waals surface area contributed by atoms with E-state index in [1.54, 1.807) is 6.07 Å². The van der Waals surface area contributed by atoms with Crippen molar-refractivity contribution in [2.75, 3.05) is 27.3 Å². The summed E-state index contributed by atoms with van der Waals surface area (Å²) >= 11 is 0. The van der Waals surface area contributed by atoms with E-state index in [2.05, 4.69) is 15.5 Å². The van der Waals surface area contributed by atoms with Gasteiger partial charge in [-0.25, -0.2) is 9.38 Å². The number of nitrogens with one attached hydrogen (secondary N) is 1. The average Bonchev–Trinajstić information content (AvgIpc) is 3.33. The van der Waals surface area contributed by atoms with Crippen molar-refractivity contribution in [2.45, 2.75) is 39.0 Å². The maximum atomic E-state index is 14.0. The zero-order valence-electron chi connectivity index (χ0n) is 17.9. The summed E-state index contributed by atoms with van der Waals surface area (Å²) in [6.45, 7) is 4.28. The molecule has 3 rings (SSSR count). The number of aliphatic imine (C=N–C) groups is 1. The van der Waals surface area contributed by atoms with Crippen molar-refractivity contribution in [3.05, 3.63) is 41.2 Å². The largest absolute Gasteiger partial charge is 0.494 e. The molecule has 1 aliphatic rings. The lowest BCUT2D eigenvalue weighted by Crippen LogP contribution is -2.42. The molecule has 1 aromatic heterocycles. The molecule has 166 valence electrons. The molecular weight excluding hydrogens is 502 g/mol. The molecule has 1 saturated heterocycles. The Kier molecular flexibility index (Phi) is 9.28. The minimum absolute atomic E-state index is 0. The standard InChI is InChI=1S/C20H29FN6O2.HI/c1-14-24-25-19(27(14)3)12-23-20(22-11-16-6-5-9-29-16)26(2)13-15-7-8-18(28-4)17(21)10-15;/h7-8,10,16H,5-6,9,11-13H2,1-4H3,(H,22,23);1H. The van der Waals surface area contributed by atoms with Crippen molar-refractivity contribution in [3.63, 3.8) is 0 Å². The van der Waals surface area contributed by atoms with Crippen LogP contribution in [0.5, 0.6) is 5.75 Å². The van der Waals surface area contributed by atoms with Crippen LogP contribution in [0.3, 0.4) is 0 Å². The summed E-state index contributed by atoms with van der Waals surface area (Å²) < 4.78 is 26.7. The Morgan fingerprint density at radius 1 is 1.43 bits per heavy atom. The van der Waals surface area contributed by atoms with Crippen LogP contribution in [0.2, 0.25) is 0 Å². The van der Waals surface area contributed by atoms with E-state index in [0.29, 0.717) is 25.6 Å². The molecule has 1 aromatic carbocycles. The zero-order valence-corrected chi connectivity index (χ0v) is 20.2. The van der Waals surface area contributed by atoms with Crippen molar-refractivity contribution >= 4 is 29.9 Å². The van der Waals surface area contributed by atoms with E-state index in [1.165, 1.54) is 13.2 Å². The summed E-state index contributed by atoms with van der Waals surface area (Å²) in [6, 6.07) is 4.97. The number of guanidine groups is 1. The quantitative estimate of drug-likeness (QED) is 0.336. The van der Waals surface area contributed by atoms with E-state index in [4.69, 9.17) is 14.5 Å². The number of hydrogen-bond donors (Lipinski definition) is 1. The molecule has 10 heteroatoms. The Labute approximate surface area is 193 Å². The van der Waals surface area contributed by atoms with Crippen molar-refractivity contribution in [2.24, 2.45) is 12.0 Å². The molecule has 1 unspecified atom stereocenters. The average molecular weight is 532 g/mol. The number of aryl methyl sites for hydroxylation is 1. The Morgan fingerprint density at radius 2 is 2.23 bits per heavy atom. The van der Waals surface area contributed by atoms with Crippen LogP contribution in [0.4, 0.5) is 4.39 Å². The van der Waals surface area contributed by atoms with Gasteiger partial charge in [-0.3, -0.25) is 0 Å². The van der Waals surface area contributed by atoms with Gasteiger partial charge in [0.15, 0.2) is 23.4 Å². The van der Waals surface area contributed by atoms with Crippen molar-refractivity contribution in [1.82, 2.24) is 25.0 Å². The Balaban J connectivity index is 0.00000320. The second-order valence-electron chi connectivity index (χ2n) is 7.20. The SMILES string of the molecule is COc1ccc(CN(C)C(=NCc2nnc(C)n2C)NCC2CCCO2)cc1F.I. The molecule has 0 radical (unpaired) electrons. The number of ether oxygens (including phenoxy) is 2. The maximum Gasteiger partial charge on any atom is 0.194 e. The third-order valence-corrected chi connectivity index (χ3v) is 5.06. The van der Waals surface area contributed by atoms with Gasteiger partial charge in [0.05, 0.1) is 13.2 Å². The van der Waals surface area contributed by atoms with Gasteiger partial charge in [-0.05, 0) is 37.5 Å². The molecule has 1 N–H and O–H groups in total. The molecule has 2 heterocycles. The first-order valence-electron chi connectivity index (χ1n) is 9.76. The zero-order chi connectivity index (χ0) is 20.8. The number of aromatic nitrogens is 3. The summed E-state index contributed by atoms with van der Waals surface area (Å²) in [7, 11) is 5.30. The molecular formula is C20H30FIN6O2. The molecule has 1 aliphatic heterocycles. The van der Waals surface area contributed by atoms with Crippen LogP contribution in [0.25, 0.3) is 0 Å². The monoisotopic (exact) mass is 532 g/mol. The van der Waals surface area contributed by atoms with E-state index < -0.39 is 0 Å². The first-order chi connectivity index (χ1) is 14.0. The number of nitrogens with zero attached hydrogens (tertiary/aromatic N) is 5. The van der Waals surface area contributed by atoms with Crippen LogP contribution >= 0.6 is 24.0 Å². The summed E-state index contributed by atoms with van der Waals surface area (Å²) in [4.78, 5) is 6.67. The number of benzene rings is 1. The van der Waals surface area contributed by atoms with Gasteiger partial charge in [-0.15, -0.1) is 34.2 Å². The number of halogens is 2. The normalized spacial score (nSPS) is 16.3. The summed E-state index contributed by atoms with van der Waals surface area (Å²) in [5, 5.41) is 11.6. The van der Waals surface area contributed by atoms with Gasteiger partial charge in [-0.2, -0.15) is 0 Å². The van der Waals surface area contributed by atoms with Crippen LogP contribution in [-0.4, -0.2) is 59.0 Å². The minimum Gasteiger partial charge on any atom is -0.494 e. The predicted octanol–water partition coefficient (Wildman–Crippen LogP) is 2.65. The van der Waals surface area contributed by atoms with Crippen molar-refractivity contribution in [1.29, 1.82) is 0 Å². The number of rotatable bonds is 7. The van der Waals surface area contributed by atoms with Gasteiger partial charge in [0, 0.05) is 33.8 Å². The summed E-state index contributed by atoms with van der Waals surface area (Å²) in [6.07, 6.45) is 2.30.